The molecule has 2 amide bonds. The number of carbonyl (C=O) groups excluding carboxylic acids is 2. The van der Waals surface area contributed by atoms with Gasteiger partial charge in [0.25, 0.3) is 23.5 Å². The fourth-order valence-electron chi connectivity index (χ4n) is 1.49. The van der Waals surface area contributed by atoms with E-state index >= 15 is 0 Å². The van der Waals surface area contributed by atoms with Crippen molar-refractivity contribution in [2.24, 2.45) is 0 Å². The normalized spacial score (nSPS) is 9.48. The van der Waals surface area contributed by atoms with Crippen molar-refractivity contribution in [3.8, 4) is 0 Å². The van der Waals surface area contributed by atoms with E-state index in [0.29, 0.717) is 0 Å². The maximum Gasteiger partial charge on any atom is 1.00 e. The van der Waals surface area contributed by atoms with Crippen molar-refractivity contribution < 1.29 is 71.6 Å². The minimum Gasteiger partial charge on any atom is -1.00 e. The first-order valence-corrected chi connectivity index (χ1v) is 6.27. The standard InChI is InChI=1S/C9H6ClN11O2.2Na.2H/c10-3-1-4(12-8(22)6-14-18-19-15-6)11-5(2-3)13-9(23)7-16-20-21-17-7;;;;/h1-2H,(H,14,15,18,19)(H,16,17,20,21)(H2,11,12,13,22,23);;;;/q;2*+1;2*-1. The van der Waals surface area contributed by atoms with Crippen molar-refractivity contribution in [1.82, 2.24) is 46.2 Å². The number of H-pyrrole nitrogens is 2. The summed E-state index contributed by atoms with van der Waals surface area (Å²) in [6.45, 7) is 0. The molecule has 3 aromatic heterocycles. The molecule has 0 unspecified atom stereocenters. The minimum absolute atomic E-state index is 0. The van der Waals surface area contributed by atoms with E-state index in [-0.39, 0.29) is 90.3 Å². The third kappa shape index (κ3) is 5.78. The summed E-state index contributed by atoms with van der Waals surface area (Å²) in [5.74, 6) is -1.49. The average molecular weight is 384 g/mol. The minimum atomic E-state index is -0.649. The number of aromatic amines is 2. The molecule has 4 N–H and O–H groups in total. The molecule has 120 valence electrons. The first-order chi connectivity index (χ1) is 11.1. The molecule has 0 fully saturated rings. The number of pyridine rings is 1. The van der Waals surface area contributed by atoms with Crippen LogP contribution in [-0.2, 0) is 0 Å². The Kier molecular flexibility index (Phi) is 8.51. The van der Waals surface area contributed by atoms with Gasteiger partial charge in [0.05, 0.1) is 0 Å². The molecule has 16 heteroatoms. The molecule has 0 spiro atoms. The number of hydrogen-bond acceptors (Lipinski definition) is 9. The molecule has 3 heterocycles. The van der Waals surface area contributed by atoms with Crippen LogP contribution in [0.4, 0.5) is 11.6 Å². The predicted molar refractivity (Wildman–Crippen MR) is 75.7 cm³/mol. The van der Waals surface area contributed by atoms with Crippen LogP contribution in [0.3, 0.4) is 0 Å². The number of halogens is 1. The Morgan fingerprint density at radius 1 is 0.920 bits per heavy atom. The first-order valence-electron chi connectivity index (χ1n) is 5.89. The van der Waals surface area contributed by atoms with Gasteiger partial charge in [-0.2, -0.15) is 10.4 Å². The van der Waals surface area contributed by atoms with E-state index in [9.17, 15) is 9.59 Å². The van der Waals surface area contributed by atoms with Gasteiger partial charge in [0.2, 0.25) is 0 Å². The summed E-state index contributed by atoms with van der Waals surface area (Å²) in [4.78, 5) is 27.6. The summed E-state index contributed by atoms with van der Waals surface area (Å²) in [7, 11) is 0. The smallest absolute Gasteiger partial charge is 1.00 e. The molecule has 0 aliphatic heterocycles. The van der Waals surface area contributed by atoms with Gasteiger partial charge in [-0.3, -0.25) is 9.59 Å². The Bertz CT molecular complexity index is 785. The Hall–Kier alpha value is -1.48. The number of carbonyl (C=O) groups is 2. The maximum atomic E-state index is 11.8. The van der Waals surface area contributed by atoms with Crippen LogP contribution < -0.4 is 69.7 Å². The van der Waals surface area contributed by atoms with Crippen LogP contribution in [0.25, 0.3) is 0 Å². The van der Waals surface area contributed by atoms with Crippen LogP contribution in [-0.4, -0.2) is 58.0 Å². The van der Waals surface area contributed by atoms with Gasteiger partial charge in [-0.15, -0.1) is 20.4 Å². The quantitative estimate of drug-likeness (QED) is 0.318. The summed E-state index contributed by atoms with van der Waals surface area (Å²) in [5, 5.41) is 30.0. The summed E-state index contributed by atoms with van der Waals surface area (Å²) in [6, 6.07) is 2.76. The number of amides is 2. The van der Waals surface area contributed by atoms with Gasteiger partial charge in [-0.1, -0.05) is 11.6 Å². The van der Waals surface area contributed by atoms with Gasteiger partial charge in [-0.25, -0.2) is 4.98 Å². The Balaban J connectivity index is 0. The second-order valence-corrected chi connectivity index (χ2v) is 4.37. The van der Waals surface area contributed by atoms with Crippen LogP contribution in [0.2, 0.25) is 5.02 Å². The molecular formula is C9H8ClN11Na2O2. The summed E-state index contributed by atoms with van der Waals surface area (Å²) in [5.41, 5.74) is 0. The van der Waals surface area contributed by atoms with Crippen LogP contribution in [0, 0.1) is 0 Å². The monoisotopic (exact) mass is 383 g/mol. The molecule has 3 aromatic rings. The number of nitrogens with one attached hydrogen (secondary N) is 4. The average Bonchev–Trinajstić information content (AvgIpc) is 3.20. The first kappa shape index (κ1) is 21.6. The molecule has 0 aromatic carbocycles. The van der Waals surface area contributed by atoms with Gasteiger partial charge >= 0.3 is 59.1 Å². The van der Waals surface area contributed by atoms with E-state index in [4.69, 9.17) is 11.6 Å². The third-order valence-corrected chi connectivity index (χ3v) is 2.59. The molecule has 0 aliphatic carbocycles. The summed E-state index contributed by atoms with van der Waals surface area (Å²) < 4.78 is 0. The second kappa shape index (κ2) is 9.86. The molecule has 0 saturated carbocycles. The fourth-order valence-corrected chi connectivity index (χ4v) is 1.69. The molecule has 25 heavy (non-hydrogen) atoms. The van der Waals surface area contributed by atoms with E-state index in [2.05, 4.69) is 56.9 Å². The van der Waals surface area contributed by atoms with Gasteiger partial charge in [-0.05, 0) is 22.6 Å². The van der Waals surface area contributed by atoms with Crippen molar-refractivity contribution in [2.75, 3.05) is 10.6 Å². The van der Waals surface area contributed by atoms with Crippen LogP contribution in [0.15, 0.2) is 12.1 Å². The molecule has 0 saturated heterocycles. The molecule has 0 atom stereocenters. The molecule has 13 nitrogen and oxygen atoms in total. The number of rotatable bonds is 4. The number of tetrazole rings is 2. The number of nitrogens with zero attached hydrogens (tertiary/aromatic N) is 7. The zero-order valence-corrected chi connectivity index (χ0v) is 17.7. The summed E-state index contributed by atoms with van der Waals surface area (Å²) in [6.07, 6.45) is 0. The van der Waals surface area contributed by atoms with Crippen LogP contribution >= 0.6 is 11.6 Å². The molecule has 0 radical (unpaired) electrons. The van der Waals surface area contributed by atoms with Crippen molar-refractivity contribution in [1.29, 1.82) is 0 Å². The van der Waals surface area contributed by atoms with E-state index in [1.807, 2.05) is 0 Å². The Labute approximate surface area is 191 Å². The van der Waals surface area contributed by atoms with E-state index in [1.165, 1.54) is 12.1 Å². The third-order valence-electron chi connectivity index (χ3n) is 2.37. The Morgan fingerprint density at radius 3 is 1.72 bits per heavy atom. The largest absolute Gasteiger partial charge is 1.00 e. The zero-order valence-electron chi connectivity index (χ0n) is 15.0. The van der Waals surface area contributed by atoms with Crippen LogP contribution in [0.5, 0.6) is 0 Å². The molecule has 0 aliphatic rings. The molecular weight excluding hydrogens is 376 g/mol. The van der Waals surface area contributed by atoms with Crippen molar-refractivity contribution in [2.45, 2.75) is 0 Å². The predicted octanol–water partition coefficient (Wildman–Crippen LogP) is -6.50. The Morgan fingerprint density at radius 2 is 1.36 bits per heavy atom. The van der Waals surface area contributed by atoms with Gasteiger partial charge in [0, 0.05) is 5.02 Å². The van der Waals surface area contributed by atoms with Gasteiger partial charge < -0.3 is 13.5 Å². The van der Waals surface area contributed by atoms with Crippen LogP contribution in [0.1, 0.15) is 24.1 Å². The summed E-state index contributed by atoms with van der Waals surface area (Å²) >= 11 is 5.92. The number of aromatic nitrogens is 9. The van der Waals surface area contributed by atoms with E-state index < -0.39 is 11.8 Å². The van der Waals surface area contributed by atoms with E-state index in [1.54, 1.807) is 0 Å². The molecule has 0 bridgehead atoms. The maximum absolute atomic E-state index is 11.8. The van der Waals surface area contributed by atoms with Crippen molar-refractivity contribution in [3.05, 3.63) is 28.8 Å². The topological polar surface area (TPSA) is 180 Å². The van der Waals surface area contributed by atoms with E-state index in [0.717, 1.165) is 0 Å². The van der Waals surface area contributed by atoms with Gasteiger partial charge in [0.15, 0.2) is 0 Å². The number of hydrogen-bond donors (Lipinski definition) is 4. The molecule has 3 rings (SSSR count). The second-order valence-electron chi connectivity index (χ2n) is 3.93. The zero-order chi connectivity index (χ0) is 16.2. The van der Waals surface area contributed by atoms with Gasteiger partial charge in [0.1, 0.15) is 11.6 Å². The van der Waals surface area contributed by atoms with Crippen molar-refractivity contribution >= 4 is 35.1 Å². The number of anilines is 2. The van der Waals surface area contributed by atoms with Crippen molar-refractivity contribution in [3.63, 3.8) is 0 Å². The fraction of sp³-hybridized carbons (Fsp3) is 0. The SMILES string of the molecule is O=C(Nc1cc(Cl)cc(NC(=O)c2nn[nH]n2)n1)c1nn[nH]n1.[H-].[H-].[Na+].[Na+].